The molecule has 6 heteroatoms. The van der Waals surface area contributed by atoms with Crippen LogP contribution in [-0.2, 0) is 4.79 Å². The number of halogens is 2. The van der Waals surface area contributed by atoms with E-state index in [9.17, 15) is 4.79 Å². The summed E-state index contributed by atoms with van der Waals surface area (Å²) in [6, 6.07) is 3.55. The van der Waals surface area contributed by atoms with Gasteiger partial charge < -0.3 is 11.1 Å². The number of hydrogen-bond acceptors (Lipinski definition) is 2. The van der Waals surface area contributed by atoms with Crippen LogP contribution >= 0.6 is 39.7 Å². The topological polar surface area (TPSA) is 55.1 Å². The first-order chi connectivity index (χ1) is 8.36. The number of thiocarbonyl (C=S) groups is 1. The maximum absolute atomic E-state index is 12.0. The van der Waals surface area contributed by atoms with E-state index in [1.54, 1.807) is 6.07 Å². The van der Waals surface area contributed by atoms with Crippen LogP contribution in [0.25, 0.3) is 0 Å². The van der Waals surface area contributed by atoms with Crippen molar-refractivity contribution in [2.45, 2.75) is 20.3 Å². The minimum absolute atomic E-state index is 0.198. The van der Waals surface area contributed by atoms with E-state index in [1.165, 1.54) is 0 Å². The summed E-state index contributed by atoms with van der Waals surface area (Å²) in [5.41, 5.74) is 7.08. The van der Waals surface area contributed by atoms with Gasteiger partial charge in [0.1, 0.15) is 0 Å². The van der Waals surface area contributed by atoms with Crippen molar-refractivity contribution in [3.63, 3.8) is 0 Å². The van der Waals surface area contributed by atoms with Crippen LogP contribution in [0.2, 0.25) is 5.02 Å². The van der Waals surface area contributed by atoms with E-state index in [4.69, 9.17) is 29.6 Å². The van der Waals surface area contributed by atoms with E-state index in [0.717, 1.165) is 10.0 Å². The lowest BCUT2D eigenvalue weighted by Crippen LogP contribution is -2.32. The molecule has 0 spiro atoms. The number of benzene rings is 1. The Morgan fingerprint density at radius 3 is 2.72 bits per heavy atom. The average Bonchev–Trinajstić information content (AvgIpc) is 2.26. The highest BCUT2D eigenvalue weighted by molar-refractivity contribution is 9.10. The lowest BCUT2D eigenvalue weighted by Gasteiger charge is -2.15. The predicted octanol–water partition coefficient (Wildman–Crippen LogP) is 3.66. The zero-order valence-corrected chi connectivity index (χ0v) is 13.2. The second-order valence-electron chi connectivity index (χ2n) is 3.93. The molecular weight excluding hydrogens is 336 g/mol. The molecule has 1 amide bonds. The summed E-state index contributed by atoms with van der Waals surface area (Å²) < 4.78 is 0.774. The summed E-state index contributed by atoms with van der Waals surface area (Å²) in [4.78, 5) is 12.2. The lowest BCUT2D eigenvalue weighted by molar-refractivity contribution is -0.118. The van der Waals surface area contributed by atoms with Gasteiger partial charge in [-0.15, -0.1) is 0 Å². The van der Waals surface area contributed by atoms with Gasteiger partial charge in [0.05, 0.1) is 16.6 Å². The van der Waals surface area contributed by atoms with Crippen molar-refractivity contribution >= 4 is 56.3 Å². The standard InChI is InChI=1S/C12H14BrClN2OS/c1-3-7(11(15)18)12(17)16-10-5-9(14)6(2)4-8(10)13/h4-5,7H,3H2,1-2H3,(H2,15,18)(H,16,17). The van der Waals surface area contributed by atoms with Gasteiger partial charge in [-0.3, -0.25) is 4.79 Å². The Balaban J connectivity index is 2.94. The Hall–Kier alpha value is -0.650. The van der Waals surface area contributed by atoms with Crippen molar-refractivity contribution in [2.75, 3.05) is 5.32 Å². The van der Waals surface area contributed by atoms with Gasteiger partial charge in [0.15, 0.2) is 0 Å². The third-order valence-corrected chi connectivity index (χ3v) is 3.92. The highest BCUT2D eigenvalue weighted by Gasteiger charge is 2.20. The molecule has 1 aromatic carbocycles. The summed E-state index contributed by atoms with van der Waals surface area (Å²) >= 11 is 14.3. The van der Waals surface area contributed by atoms with Gasteiger partial charge in [-0.1, -0.05) is 30.7 Å². The normalized spacial score (nSPS) is 12.0. The molecule has 0 saturated carbocycles. The van der Waals surface area contributed by atoms with Gasteiger partial charge in [0.2, 0.25) is 5.91 Å². The largest absolute Gasteiger partial charge is 0.393 e. The van der Waals surface area contributed by atoms with Crippen LogP contribution in [0.15, 0.2) is 16.6 Å². The molecule has 0 fully saturated rings. The lowest BCUT2D eigenvalue weighted by atomic mass is 10.1. The van der Waals surface area contributed by atoms with Crippen molar-refractivity contribution < 1.29 is 4.79 Å². The number of aryl methyl sites for hydroxylation is 1. The van der Waals surface area contributed by atoms with Crippen LogP contribution in [0, 0.1) is 12.8 Å². The molecule has 98 valence electrons. The Morgan fingerprint density at radius 2 is 2.22 bits per heavy atom. The van der Waals surface area contributed by atoms with Crippen LogP contribution in [0.4, 0.5) is 5.69 Å². The van der Waals surface area contributed by atoms with Gasteiger partial charge in [0.25, 0.3) is 0 Å². The monoisotopic (exact) mass is 348 g/mol. The molecule has 0 aromatic heterocycles. The van der Waals surface area contributed by atoms with Crippen molar-refractivity contribution in [3.05, 3.63) is 27.2 Å². The average molecular weight is 350 g/mol. The quantitative estimate of drug-likeness (QED) is 0.816. The molecule has 0 bridgehead atoms. The molecule has 0 heterocycles. The minimum atomic E-state index is -0.466. The van der Waals surface area contributed by atoms with Gasteiger partial charge in [-0.05, 0) is 47.0 Å². The van der Waals surface area contributed by atoms with Crippen LogP contribution < -0.4 is 11.1 Å². The highest BCUT2D eigenvalue weighted by atomic mass is 79.9. The number of hydrogen-bond donors (Lipinski definition) is 2. The van der Waals surface area contributed by atoms with E-state index in [1.807, 2.05) is 19.9 Å². The molecule has 1 unspecified atom stereocenters. The second kappa shape index (κ2) is 6.50. The van der Waals surface area contributed by atoms with Gasteiger partial charge in [-0.2, -0.15) is 0 Å². The predicted molar refractivity (Wildman–Crippen MR) is 83.1 cm³/mol. The molecule has 1 rings (SSSR count). The second-order valence-corrected chi connectivity index (χ2v) is 5.67. The third kappa shape index (κ3) is 3.67. The molecule has 0 radical (unpaired) electrons. The molecular formula is C12H14BrClN2OS. The Kier molecular flexibility index (Phi) is 5.56. The maximum atomic E-state index is 12.0. The highest BCUT2D eigenvalue weighted by Crippen LogP contribution is 2.29. The fourth-order valence-corrected chi connectivity index (χ4v) is 2.47. The first-order valence-corrected chi connectivity index (χ1v) is 7.00. The van der Waals surface area contributed by atoms with Crippen molar-refractivity contribution in [1.29, 1.82) is 0 Å². The Morgan fingerprint density at radius 1 is 1.61 bits per heavy atom. The number of carbonyl (C=O) groups excluding carboxylic acids is 1. The van der Waals surface area contributed by atoms with Crippen LogP contribution in [0.5, 0.6) is 0 Å². The smallest absolute Gasteiger partial charge is 0.234 e. The fraction of sp³-hybridized carbons (Fsp3) is 0.333. The van der Waals surface area contributed by atoms with E-state index in [-0.39, 0.29) is 10.9 Å². The summed E-state index contributed by atoms with van der Waals surface area (Å²) in [5, 5.41) is 3.37. The molecule has 1 atom stereocenters. The molecule has 1 aromatic rings. The Labute approximate surface area is 125 Å². The van der Waals surface area contributed by atoms with Crippen LogP contribution in [0.3, 0.4) is 0 Å². The molecule has 0 saturated heterocycles. The third-order valence-electron chi connectivity index (χ3n) is 2.57. The Bertz CT molecular complexity index is 493. The first kappa shape index (κ1) is 15.4. The molecule has 0 aliphatic heterocycles. The number of nitrogens with one attached hydrogen (secondary N) is 1. The van der Waals surface area contributed by atoms with Crippen LogP contribution in [-0.4, -0.2) is 10.9 Å². The molecule has 0 aliphatic carbocycles. The van der Waals surface area contributed by atoms with E-state index >= 15 is 0 Å². The molecule has 0 aliphatic rings. The summed E-state index contributed by atoms with van der Waals surface area (Å²) in [5.74, 6) is -0.683. The maximum Gasteiger partial charge on any atom is 0.234 e. The SMILES string of the molecule is CCC(C(=O)Nc1cc(Cl)c(C)cc1Br)C(N)=S. The van der Waals surface area contributed by atoms with Crippen molar-refractivity contribution in [3.8, 4) is 0 Å². The number of anilines is 1. The summed E-state index contributed by atoms with van der Waals surface area (Å²) in [7, 11) is 0. The molecule has 18 heavy (non-hydrogen) atoms. The van der Waals surface area contributed by atoms with Crippen molar-refractivity contribution in [2.24, 2.45) is 11.7 Å². The van der Waals surface area contributed by atoms with E-state index in [2.05, 4.69) is 21.2 Å². The number of carbonyl (C=O) groups is 1. The zero-order chi connectivity index (χ0) is 13.9. The van der Waals surface area contributed by atoms with E-state index < -0.39 is 5.92 Å². The molecule has 3 N–H and O–H groups in total. The minimum Gasteiger partial charge on any atom is -0.393 e. The number of nitrogens with two attached hydrogens (primary N) is 1. The molecule has 3 nitrogen and oxygen atoms in total. The summed E-state index contributed by atoms with van der Waals surface area (Å²) in [6.45, 7) is 3.75. The number of rotatable bonds is 4. The zero-order valence-electron chi connectivity index (χ0n) is 10.1. The van der Waals surface area contributed by atoms with Gasteiger partial charge in [-0.25, -0.2) is 0 Å². The van der Waals surface area contributed by atoms with Crippen LogP contribution in [0.1, 0.15) is 18.9 Å². The first-order valence-electron chi connectivity index (χ1n) is 5.42. The number of amides is 1. The van der Waals surface area contributed by atoms with Crippen molar-refractivity contribution in [1.82, 2.24) is 0 Å². The van der Waals surface area contributed by atoms with Gasteiger partial charge >= 0.3 is 0 Å². The van der Waals surface area contributed by atoms with E-state index in [0.29, 0.717) is 17.1 Å². The summed E-state index contributed by atoms with van der Waals surface area (Å²) in [6.07, 6.45) is 0.568. The van der Waals surface area contributed by atoms with Gasteiger partial charge in [0, 0.05) is 9.50 Å². The fourth-order valence-electron chi connectivity index (χ4n) is 1.48.